The van der Waals surface area contributed by atoms with E-state index < -0.39 is 20.4 Å². The highest BCUT2D eigenvalue weighted by Crippen LogP contribution is 2.33. The summed E-state index contributed by atoms with van der Waals surface area (Å²) in [7, 11) is -3.67. The molecule has 1 fully saturated rings. The van der Waals surface area contributed by atoms with Crippen molar-refractivity contribution in [3.63, 3.8) is 0 Å². The van der Waals surface area contributed by atoms with Crippen molar-refractivity contribution < 1.29 is 18.1 Å². The zero-order chi connectivity index (χ0) is 15.6. The van der Waals surface area contributed by atoms with E-state index in [-0.39, 0.29) is 22.7 Å². The van der Waals surface area contributed by atoms with Crippen molar-refractivity contribution in [2.75, 3.05) is 18.2 Å². The molecule has 1 N–H and O–H groups in total. The first kappa shape index (κ1) is 15.7. The lowest BCUT2D eigenvalue weighted by Crippen LogP contribution is -2.30. The third-order valence-electron chi connectivity index (χ3n) is 3.49. The van der Waals surface area contributed by atoms with Gasteiger partial charge in [-0.05, 0) is 31.9 Å². The van der Waals surface area contributed by atoms with Gasteiger partial charge in [0.05, 0.1) is 11.0 Å². The van der Waals surface area contributed by atoms with E-state index in [1.165, 1.54) is 18.2 Å². The van der Waals surface area contributed by atoms with Crippen molar-refractivity contribution in [1.82, 2.24) is 0 Å². The normalized spacial score (nSPS) is 20.2. The predicted molar refractivity (Wildman–Crippen MR) is 78.3 cm³/mol. The van der Waals surface area contributed by atoms with Crippen LogP contribution in [0.2, 0.25) is 0 Å². The molecule has 0 amide bonds. The van der Waals surface area contributed by atoms with E-state index >= 15 is 0 Å². The van der Waals surface area contributed by atoms with Crippen LogP contribution in [0.15, 0.2) is 23.1 Å². The minimum Gasteiger partial charge on any atom is -0.376 e. The third kappa shape index (κ3) is 3.51. The van der Waals surface area contributed by atoms with Crippen LogP contribution >= 0.6 is 0 Å². The van der Waals surface area contributed by atoms with Crippen molar-refractivity contribution in [3.8, 4) is 0 Å². The maximum Gasteiger partial charge on any atom is 0.310 e. The molecule has 7 nitrogen and oxygen atoms in total. The SMILES string of the molecule is CC(Nc1cccc(S(C)(=O)=O)c1[N+](=O)[O-])C1CCCO1. The van der Waals surface area contributed by atoms with Gasteiger partial charge < -0.3 is 10.1 Å². The summed E-state index contributed by atoms with van der Waals surface area (Å²) in [4.78, 5) is 10.3. The van der Waals surface area contributed by atoms with Gasteiger partial charge in [0, 0.05) is 18.9 Å². The second kappa shape index (κ2) is 5.98. The number of hydrogen-bond donors (Lipinski definition) is 1. The standard InChI is InChI=1S/C13H18N2O5S/c1-9(11-6-4-8-20-11)14-10-5-3-7-12(21(2,18)19)13(10)15(16)17/h3,5,7,9,11,14H,4,6,8H2,1-2H3. The molecule has 2 rings (SSSR count). The first-order chi connectivity index (χ1) is 9.80. The van der Waals surface area contributed by atoms with Gasteiger partial charge in [0.2, 0.25) is 0 Å². The number of nitrogens with one attached hydrogen (secondary N) is 1. The molecule has 0 saturated carbocycles. The number of benzene rings is 1. The first-order valence-electron chi connectivity index (χ1n) is 6.66. The lowest BCUT2D eigenvalue weighted by Gasteiger charge is -2.21. The molecule has 0 aromatic heterocycles. The Balaban J connectivity index is 2.37. The second-order valence-electron chi connectivity index (χ2n) is 5.17. The molecule has 116 valence electrons. The highest BCUT2D eigenvalue weighted by atomic mass is 32.2. The van der Waals surface area contributed by atoms with Gasteiger partial charge in [-0.1, -0.05) is 6.07 Å². The molecular formula is C13H18N2O5S. The fourth-order valence-electron chi connectivity index (χ4n) is 2.46. The number of nitro benzene ring substituents is 1. The molecule has 2 atom stereocenters. The number of ether oxygens (including phenoxy) is 1. The Labute approximate surface area is 123 Å². The maximum atomic E-state index is 11.7. The van der Waals surface area contributed by atoms with Gasteiger partial charge in [0.1, 0.15) is 10.6 Å². The summed E-state index contributed by atoms with van der Waals surface area (Å²) in [6.45, 7) is 2.55. The summed E-state index contributed by atoms with van der Waals surface area (Å²) >= 11 is 0. The topological polar surface area (TPSA) is 98.5 Å². The maximum absolute atomic E-state index is 11.7. The number of nitro groups is 1. The molecule has 1 heterocycles. The Hall–Kier alpha value is -1.67. The van der Waals surface area contributed by atoms with Crippen LogP contribution in [0.3, 0.4) is 0 Å². The third-order valence-corrected chi connectivity index (χ3v) is 4.62. The Morgan fingerprint density at radius 2 is 2.19 bits per heavy atom. The molecule has 0 spiro atoms. The quantitative estimate of drug-likeness (QED) is 0.659. The van der Waals surface area contributed by atoms with Crippen LogP contribution in [0.1, 0.15) is 19.8 Å². The van der Waals surface area contributed by atoms with Gasteiger partial charge >= 0.3 is 5.69 Å². The first-order valence-corrected chi connectivity index (χ1v) is 8.55. The molecule has 8 heteroatoms. The largest absolute Gasteiger partial charge is 0.376 e. The summed E-state index contributed by atoms with van der Waals surface area (Å²) in [5, 5.41) is 14.3. The van der Waals surface area contributed by atoms with E-state index in [0.29, 0.717) is 6.61 Å². The Kier molecular flexibility index (Phi) is 4.48. The average Bonchev–Trinajstić information content (AvgIpc) is 2.91. The van der Waals surface area contributed by atoms with Crippen molar-refractivity contribution >= 4 is 21.2 Å². The van der Waals surface area contributed by atoms with Crippen molar-refractivity contribution in [2.24, 2.45) is 0 Å². The van der Waals surface area contributed by atoms with Crippen LogP contribution in [0.5, 0.6) is 0 Å². The lowest BCUT2D eigenvalue weighted by atomic mass is 10.1. The summed E-state index contributed by atoms with van der Waals surface area (Å²) in [6.07, 6.45) is 2.78. The highest BCUT2D eigenvalue weighted by molar-refractivity contribution is 7.90. The van der Waals surface area contributed by atoms with E-state index in [2.05, 4.69) is 5.32 Å². The van der Waals surface area contributed by atoms with Gasteiger partial charge in [-0.2, -0.15) is 0 Å². The van der Waals surface area contributed by atoms with Crippen molar-refractivity contribution in [1.29, 1.82) is 0 Å². The molecule has 1 aliphatic rings. The van der Waals surface area contributed by atoms with Crippen LogP contribution in [0.25, 0.3) is 0 Å². The Morgan fingerprint density at radius 3 is 2.71 bits per heavy atom. The number of nitrogens with zero attached hydrogens (tertiary/aromatic N) is 1. The number of para-hydroxylation sites is 1. The van der Waals surface area contributed by atoms with Crippen molar-refractivity contribution in [2.45, 2.75) is 36.8 Å². The molecule has 1 aliphatic heterocycles. The zero-order valence-corrected chi connectivity index (χ0v) is 12.7. The zero-order valence-electron chi connectivity index (χ0n) is 11.9. The number of rotatable bonds is 5. The minimum absolute atomic E-state index is 0.0218. The van der Waals surface area contributed by atoms with E-state index in [4.69, 9.17) is 4.74 Å². The average molecular weight is 314 g/mol. The summed E-state index contributed by atoms with van der Waals surface area (Å²) < 4.78 is 28.9. The molecular weight excluding hydrogens is 296 g/mol. The van der Waals surface area contributed by atoms with Gasteiger partial charge in [-0.3, -0.25) is 10.1 Å². The molecule has 0 bridgehead atoms. The van der Waals surface area contributed by atoms with Gasteiger partial charge in [-0.15, -0.1) is 0 Å². The molecule has 0 radical (unpaired) electrons. The molecule has 2 unspecified atom stereocenters. The lowest BCUT2D eigenvalue weighted by molar-refractivity contribution is -0.386. The summed E-state index contributed by atoms with van der Waals surface area (Å²) in [5.41, 5.74) is -0.212. The van der Waals surface area contributed by atoms with E-state index in [9.17, 15) is 18.5 Å². The smallest absolute Gasteiger partial charge is 0.310 e. The second-order valence-corrected chi connectivity index (χ2v) is 7.15. The van der Waals surface area contributed by atoms with Gasteiger partial charge in [0.25, 0.3) is 0 Å². The van der Waals surface area contributed by atoms with Crippen LogP contribution in [0, 0.1) is 10.1 Å². The predicted octanol–water partition coefficient (Wildman–Crippen LogP) is 1.98. The van der Waals surface area contributed by atoms with Crippen molar-refractivity contribution in [3.05, 3.63) is 28.3 Å². The number of anilines is 1. The minimum atomic E-state index is -3.67. The number of hydrogen-bond acceptors (Lipinski definition) is 6. The van der Waals surface area contributed by atoms with E-state index in [1.54, 1.807) is 0 Å². The van der Waals surface area contributed by atoms with Gasteiger partial charge in [0.15, 0.2) is 9.84 Å². The fraction of sp³-hybridized carbons (Fsp3) is 0.538. The molecule has 1 aromatic rings. The molecule has 21 heavy (non-hydrogen) atoms. The number of sulfone groups is 1. The van der Waals surface area contributed by atoms with E-state index in [0.717, 1.165) is 19.1 Å². The van der Waals surface area contributed by atoms with E-state index in [1.807, 2.05) is 6.92 Å². The highest BCUT2D eigenvalue weighted by Gasteiger charge is 2.29. The molecule has 1 saturated heterocycles. The Morgan fingerprint density at radius 1 is 1.48 bits per heavy atom. The Bertz CT molecular complexity index is 638. The molecule has 1 aromatic carbocycles. The molecule has 0 aliphatic carbocycles. The summed E-state index contributed by atoms with van der Waals surface area (Å²) in [5.74, 6) is 0. The fourth-order valence-corrected chi connectivity index (χ4v) is 3.32. The van der Waals surface area contributed by atoms with Gasteiger partial charge in [-0.25, -0.2) is 8.42 Å². The van der Waals surface area contributed by atoms with Crippen LogP contribution in [-0.4, -0.2) is 38.3 Å². The monoisotopic (exact) mass is 314 g/mol. The summed E-state index contributed by atoms with van der Waals surface area (Å²) in [6, 6.07) is 4.11. The van der Waals surface area contributed by atoms with Crippen LogP contribution < -0.4 is 5.32 Å². The van der Waals surface area contributed by atoms with Crippen LogP contribution in [-0.2, 0) is 14.6 Å². The van der Waals surface area contributed by atoms with Crippen LogP contribution in [0.4, 0.5) is 11.4 Å².